The highest BCUT2D eigenvalue weighted by molar-refractivity contribution is 7.89. The van der Waals surface area contributed by atoms with Gasteiger partial charge in [-0.05, 0) is 37.1 Å². The van der Waals surface area contributed by atoms with Crippen LogP contribution >= 0.6 is 0 Å². The molecular weight excluding hydrogens is 320 g/mol. The normalized spacial score (nSPS) is 14.0. The molecule has 122 valence electrons. The predicted octanol–water partition coefficient (Wildman–Crippen LogP) is 0.287. The van der Waals surface area contributed by atoms with Gasteiger partial charge in [0.2, 0.25) is 10.0 Å². The van der Waals surface area contributed by atoms with Crippen LogP contribution in [0.5, 0.6) is 0 Å². The smallest absolute Gasteiger partial charge is 0.323 e. The summed E-state index contributed by atoms with van der Waals surface area (Å²) in [6.07, 6.45) is 6.57. The quantitative estimate of drug-likeness (QED) is 0.697. The summed E-state index contributed by atoms with van der Waals surface area (Å²) in [6.45, 7) is -0.496. The summed E-state index contributed by atoms with van der Waals surface area (Å²) in [4.78, 5) is 24.5. The lowest BCUT2D eigenvalue weighted by atomic mass is 10.2. The van der Waals surface area contributed by atoms with Gasteiger partial charge in [-0.25, -0.2) is 8.42 Å². The van der Waals surface area contributed by atoms with E-state index >= 15 is 0 Å². The van der Waals surface area contributed by atoms with Crippen LogP contribution in [-0.2, 0) is 14.8 Å². The first-order valence-corrected chi connectivity index (χ1v) is 8.39. The summed E-state index contributed by atoms with van der Waals surface area (Å²) in [5, 5.41) is 8.89. The number of nitrogens with one attached hydrogen (secondary N) is 1. The molecule has 0 aromatic heterocycles. The third-order valence-corrected chi connectivity index (χ3v) is 4.75. The fourth-order valence-electron chi connectivity index (χ4n) is 2.06. The van der Waals surface area contributed by atoms with Gasteiger partial charge in [0.05, 0.1) is 11.4 Å². The maximum absolute atomic E-state index is 12.4. The number of hydrogen-bond acceptors (Lipinski definition) is 4. The number of rotatable bonds is 7. The van der Waals surface area contributed by atoms with E-state index < -0.39 is 21.9 Å². The van der Waals surface area contributed by atoms with E-state index in [0.29, 0.717) is 0 Å². The number of carbonyl (C=O) groups excluding carboxylic acids is 1. The molecule has 0 aliphatic heterocycles. The summed E-state index contributed by atoms with van der Waals surface area (Å²) in [6, 6.07) is 5.25. The molecule has 0 heterocycles. The molecule has 1 saturated carbocycles. The number of carbonyl (C=O) groups is 2. The molecule has 1 aliphatic carbocycles. The summed E-state index contributed by atoms with van der Waals surface area (Å²) < 4.78 is 26.0. The van der Waals surface area contributed by atoms with Crippen molar-refractivity contribution in [2.75, 3.05) is 13.1 Å². The van der Waals surface area contributed by atoms with Crippen molar-refractivity contribution in [2.24, 2.45) is 0 Å². The lowest BCUT2D eigenvalue weighted by Gasteiger charge is -2.20. The van der Waals surface area contributed by atoms with Gasteiger partial charge in [-0.1, -0.05) is 5.92 Å². The van der Waals surface area contributed by atoms with Gasteiger partial charge >= 0.3 is 5.97 Å². The van der Waals surface area contributed by atoms with E-state index in [1.807, 2.05) is 0 Å². The standard InChI is InChI=1S/C15H16N2O5S/c1-2-9-16-23(21,22)13-7-3-11(4-8-13)15(20)17(10-14(18)19)12-5-6-12/h1,3-4,7-8,12,16H,5-6,9-10H2,(H,18,19). The summed E-state index contributed by atoms with van der Waals surface area (Å²) in [5.41, 5.74) is 0.244. The van der Waals surface area contributed by atoms with E-state index in [1.54, 1.807) is 0 Å². The highest BCUT2D eigenvalue weighted by Crippen LogP contribution is 2.28. The maximum atomic E-state index is 12.4. The zero-order valence-corrected chi connectivity index (χ0v) is 13.0. The van der Waals surface area contributed by atoms with Crippen molar-refractivity contribution in [3.05, 3.63) is 29.8 Å². The molecule has 2 N–H and O–H groups in total. The molecule has 0 unspecified atom stereocenters. The van der Waals surface area contributed by atoms with E-state index in [0.717, 1.165) is 12.8 Å². The second-order valence-corrected chi connectivity index (χ2v) is 6.88. The van der Waals surface area contributed by atoms with Gasteiger partial charge in [0.15, 0.2) is 0 Å². The van der Waals surface area contributed by atoms with E-state index in [4.69, 9.17) is 11.5 Å². The Hall–Kier alpha value is -2.37. The molecule has 7 nitrogen and oxygen atoms in total. The average molecular weight is 336 g/mol. The number of carboxylic acids is 1. The Morgan fingerprint density at radius 2 is 1.91 bits per heavy atom. The first-order valence-electron chi connectivity index (χ1n) is 6.91. The minimum Gasteiger partial charge on any atom is -0.480 e. The molecular formula is C15H16N2O5S. The third kappa shape index (κ3) is 4.31. The highest BCUT2D eigenvalue weighted by atomic mass is 32.2. The molecule has 1 aromatic carbocycles. The molecule has 1 fully saturated rings. The number of carboxylic acid groups (broad SMARTS) is 1. The molecule has 0 bridgehead atoms. The fourth-order valence-corrected chi connectivity index (χ4v) is 3.00. The summed E-state index contributed by atoms with van der Waals surface area (Å²) in [7, 11) is -3.72. The van der Waals surface area contributed by atoms with Gasteiger partial charge in [0.1, 0.15) is 6.54 Å². The van der Waals surface area contributed by atoms with Gasteiger partial charge in [-0.2, -0.15) is 4.72 Å². The van der Waals surface area contributed by atoms with Gasteiger partial charge in [-0.3, -0.25) is 9.59 Å². The molecule has 1 aromatic rings. The zero-order chi connectivity index (χ0) is 17.0. The Morgan fingerprint density at radius 1 is 1.30 bits per heavy atom. The van der Waals surface area contributed by atoms with Crippen LogP contribution in [0.3, 0.4) is 0 Å². The van der Waals surface area contributed by atoms with Crippen LogP contribution in [0.25, 0.3) is 0 Å². The molecule has 0 saturated heterocycles. The van der Waals surface area contributed by atoms with Gasteiger partial charge < -0.3 is 10.0 Å². The summed E-state index contributed by atoms with van der Waals surface area (Å²) >= 11 is 0. The largest absolute Gasteiger partial charge is 0.480 e. The first-order chi connectivity index (χ1) is 10.8. The second-order valence-electron chi connectivity index (χ2n) is 5.11. The minimum atomic E-state index is -3.72. The number of sulfonamides is 1. The Morgan fingerprint density at radius 3 is 2.39 bits per heavy atom. The lowest BCUT2D eigenvalue weighted by molar-refractivity contribution is -0.137. The van der Waals surface area contributed by atoms with Crippen LogP contribution in [0.2, 0.25) is 0 Å². The number of amides is 1. The van der Waals surface area contributed by atoms with Gasteiger partial charge in [0.25, 0.3) is 5.91 Å². The SMILES string of the molecule is C#CCNS(=O)(=O)c1ccc(C(=O)N(CC(=O)O)C2CC2)cc1. The molecule has 2 rings (SSSR count). The molecule has 23 heavy (non-hydrogen) atoms. The van der Waals surface area contributed by atoms with Crippen molar-refractivity contribution in [2.45, 2.75) is 23.8 Å². The Balaban J connectivity index is 2.16. The van der Waals surface area contributed by atoms with Crippen molar-refractivity contribution >= 4 is 21.9 Å². The van der Waals surface area contributed by atoms with Crippen molar-refractivity contribution in [3.8, 4) is 12.3 Å². The minimum absolute atomic E-state index is 0.0134. The number of benzene rings is 1. The average Bonchev–Trinajstić information content (AvgIpc) is 3.35. The van der Waals surface area contributed by atoms with Gasteiger partial charge in [-0.15, -0.1) is 6.42 Å². The Kier molecular flexibility index (Phi) is 5.03. The topological polar surface area (TPSA) is 104 Å². The van der Waals surface area contributed by atoms with Crippen LogP contribution in [0.1, 0.15) is 23.2 Å². The van der Waals surface area contributed by atoms with Crippen molar-refractivity contribution in [3.63, 3.8) is 0 Å². The number of hydrogen-bond donors (Lipinski definition) is 2. The Labute approximate surface area is 134 Å². The lowest BCUT2D eigenvalue weighted by Crippen LogP contribution is -2.37. The molecule has 1 aliphatic rings. The van der Waals surface area contributed by atoms with Crippen LogP contribution < -0.4 is 4.72 Å². The van der Waals surface area contributed by atoms with Crippen LogP contribution in [-0.4, -0.2) is 49.4 Å². The second kappa shape index (κ2) is 6.81. The van der Waals surface area contributed by atoms with Crippen LogP contribution in [0.15, 0.2) is 29.2 Å². The fraction of sp³-hybridized carbons (Fsp3) is 0.333. The molecule has 0 radical (unpaired) electrons. The molecule has 0 spiro atoms. The maximum Gasteiger partial charge on any atom is 0.323 e. The van der Waals surface area contributed by atoms with Crippen molar-refractivity contribution in [1.29, 1.82) is 0 Å². The first kappa shape index (κ1) is 17.0. The Bertz CT molecular complexity index is 745. The third-order valence-electron chi connectivity index (χ3n) is 3.33. The van der Waals surface area contributed by atoms with E-state index in [1.165, 1.54) is 29.2 Å². The van der Waals surface area contributed by atoms with E-state index in [9.17, 15) is 18.0 Å². The number of nitrogens with zero attached hydrogens (tertiary/aromatic N) is 1. The summed E-state index contributed by atoms with van der Waals surface area (Å²) in [5.74, 6) is 0.668. The van der Waals surface area contributed by atoms with Crippen molar-refractivity contribution in [1.82, 2.24) is 9.62 Å². The van der Waals surface area contributed by atoms with Crippen molar-refractivity contribution < 1.29 is 23.1 Å². The zero-order valence-electron chi connectivity index (χ0n) is 12.2. The molecule has 8 heteroatoms. The molecule has 0 atom stereocenters. The number of terminal acetylenes is 1. The molecule has 1 amide bonds. The van der Waals surface area contributed by atoms with E-state index in [2.05, 4.69) is 10.6 Å². The monoisotopic (exact) mass is 336 g/mol. The predicted molar refractivity (Wildman–Crippen MR) is 82.2 cm³/mol. The highest BCUT2D eigenvalue weighted by Gasteiger charge is 2.34. The van der Waals surface area contributed by atoms with Crippen LogP contribution in [0, 0.1) is 12.3 Å². The van der Waals surface area contributed by atoms with Gasteiger partial charge in [0, 0.05) is 11.6 Å². The van der Waals surface area contributed by atoms with Crippen LogP contribution in [0.4, 0.5) is 0 Å². The van der Waals surface area contributed by atoms with E-state index in [-0.39, 0.29) is 29.6 Å². The number of aliphatic carboxylic acids is 1.